The third kappa shape index (κ3) is 3.73. The van der Waals surface area contributed by atoms with E-state index in [0.717, 1.165) is 0 Å². The van der Waals surface area contributed by atoms with E-state index in [0.29, 0.717) is 11.3 Å². The summed E-state index contributed by atoms with van der Waals surface area (Å²) in [6, 6.07) is 10.8. The molecule has 2 rings (SSSR count). The molecule has 0 aliphatic carbocycles. The zero-order valence-corrected chi connectivity index (χ0v) is 11.2. The number of anilines is 1. The molecule has 0 fully saturated rings. The monoisotopic (exact) mass is 285 g/mol. The van der Waals surface area contributed by atoms with Gasteiger partial charge in [0, 0.05) is 0 Å². The summed E-state index contributed by atoms with van der Waals surface area (Å²) in [6.45, 7) is 0. The van der Waals surface area contributed by atoms with Crippen LogP contribution in [0.25, 0.3) is 0 Å². The molecule has 0 aliphatic rings. The van der Waals surface area contributed by atoms with Crippen LogP contribution in [-0.4, -0.2) is 24.4 Å². The maximum atomic E-state index is 11.4. The van der Waals surface area contributed by atoms with E-state index < -0.39 is 5.97 Å². The van der Waals surface area contributed by atoms with Crippen molar-refractivity contribution in [2.45, 2.75) is 0 Å². The number of nitrogens with one attached hydrogen (secondary N) is 1. The summed E-state index contributed by atoms with van der Waals surface area (Å²) in [5.74, 6) is -0.911. The van der Waals surface area contributed by atoms with E-state index in [2.05, 4.69) is 10.5 Å². The number of carboxylic acids is 1. The van der Waals surface area contributed by atoms with Gasteiger partial charge in [0.15, 0.2) is 0 Å². The van der Waals surface area contributed by atoms with Gasteiger partial charge in [-0.2, -0.15) is 5.10 Å². The van der Waals surface area contributed by atoms with Gasteiger partial charge in [0.25, 0.3) is 0 Å². The van der Waals surface area contributed by atoms with Crippen molar-refractivity contribution in [1.82, 2.24) is 0 Å². The minimum Gasteiger partial charge on any atom is -0.870 e. The van der Waals surface area contributed by atoms with E-state index in [1.165, 1.54) is 31.5 Å². The molecule has 2 aromatic rings. The fraction of sp³-hybridized carbons (Fsp3) is 0.0667. The highest BCUT2D eigenvalue weighted by Gasteiger charge is 2.00. The highest BCUT2D eigenvalue weighted by molar-refractivity contribution is 5.88. The number of hydrogen-bond acceptors (Lipinski definition) is 5. The van der Waals surface area contributed by atoms with E-state index in [-0.39, 0.29) is 17.1 Å². The van der Waals surface area contributed by atoms with Crippen molar-refractivity contribution in [1.29, 1.82) is 0 Å². The summed E-state index contributed by atoms with van der Waals surface area (Å²) in [5.41, 5.74) is 4.34. The van der Waals surface area contributed by atoms with Crippen LogP contribution in [0.4, 0.5) is 5.69 Å². The Labute approximate surface area is 121 Å². The fourth-order valence-corrected chi connectivity index (χ4v) is 1.63. The Balaban J connectivity index is 2.03. The first kappa shape index (κ1) is 14.4. The zero-order chi connectivity index (χ0) is 15.2. The second kappa shape index (κ2) is 6.42. The molecule has 0 bridgehead atoms. The molecule has 0 aromatic heterocycles. The summed E-state index contributed by atoms with van der Waals surface area (Å²) in [5, 5.41) is 24.1. The van der Waals surface area contributed by atoms with Gasteiger partial charge >= 0.3 is 5.97 Å². The number of nitrogens with zero attached hydrogens (tertiary/aromatic N) is 1. The lowest BCUT2D eigenvalue weighted by Gasteiger charge is -2.11. The maximum absolute atomic E-state index is 11.4. The highest BCUT2D eigenvalue weighted by Crippen LogP contribution is 2.22. The Morgan fingerprint density at radius 1 is 1.29 bits per heavy atom. The van der Waals surface area contributed by atoms with Crippen LogP contribution >= 0.6 is 0 Å². The van der Waals surface area contributed by atoms with Crippen LogP contribution in [0, 0.1) is 0 Å². The van der Waals surface area contributed by atoms with Crippen molar-refractivity contribution in [2.24, 2.45) is 5.10 Å². The van der Waals surface area contributed by atoms with Crippen molar-refractivity contribution >= 4 is 17.9 Å². The normalized spacial score (nSPS) is 10.5. The smallest absolute Gasteiger partial charge is 0.335 e. The van der Waals surface area contributed by atoms with Crippen LogP contribution < -0.4 is 15.3 Å². The first-order valence-electron chi connectivity index (χ1n) is 6.07. The molecule has 6 heteroatoms. The predicted molar refractivity (Wildman–Crippen MR) is 77.1 cm³/mol. The summed E-state index contributed by atoms with van der Waals surface area (Å²) in [4.78, 5) is 10.7. The Morgan fingerprint density at radius 2 is 2.00 bits per heavy atom. The SMILES string of the molecule is COc1cc(/C=N/Nc2ccc(C(=O)O)cc2)ccc1[O-]. The Bertz CT molecular complexity index is 666. The fourth-order valence-electron chi connectivity index (χ4n) is 1.63. The third-order valence-corrected chi connectivity index (χ3v) is 2.73. The van der Waals surface area contributed by atoms with Crippen LogP contribution in [0.1, 0.15) is 15.9 Å². The molecule has 21 heavy (non-hydrogen) atoms. The molecule has 0 heterocycles. The van der Waals surface area contributed by atoms with E-state index in [4.69, 9.17) is 9.84 Å². The molecule has 108 valence electrons. The zero-order valence-electron chi connectivity index (χ0n) is 11.2. The van der Waals surface area contributed by atoms with Gasteiger partial charge in [0.1, 0.15) is 5.75 Å². The van der Waals surface area contributed by atoms with E-state index in [1.54, 1.807) is 24.3 Å². The number of ether oxygens (including phenoxy) is 1. The Hall–Kier alpha value is -3.02. The lowest BCUT2D eigenvalue weighted by molar-refractivity contribution is -0.270. The maximum Gasteiger partial charge on any atom is 0.335 e. The second-order valence-electron chi connectivity index (χ2n) is 4.16. The summed E-state index contributed by atoms with van der Waals surface area (Å²) >= 11 is 0. The second-order valence-corrected chi connectivity index (χ2v) is 4.16. The highest BCUT2D eigenvalue weighted by atomic mass is 16.5. The third-order valence-electron chi connectivity index (χ3n) is 2.73. The number of carboxylic acid groups (broad SMARTS) is 1. The molecule has 0 atom stereocenters. The minimum absolute atomic E-state index is 0.188. The molecular formula is C15H13N2O4-. The average molecular weight is 285 g/mol. The predicted octanol–water partition coefficient (Wildman–Crippen LogP) is 1.91. The first-order valence-corrected chi connectivity index (χ1v) is 6.07. The van der Waals surface area contributed by atoms with Crippen molar-refractivity contribution in [3.63, 3.8) is 0 Å². The van der Waals surface area contributed by atoms with Gasteiger partial charge in [0.05, 0.1) is 24.6 Å². The summed E-state index contributed by atoms with van der Waals surface area (Å²) < 4.78 is 4.94. The summed E-state index contributed by atoms with van der Waals surface area (Å²) in [7, 11) is 1.43. The van der Waals surface area contributed by atoms with Gasteiger partial charge in [-0.25, -0.2) is 4.79 Å². The van der Waals surface area contributed by atoms with Crippen molar-refractivity contribution in [3.8, 4) is 11.5 Å². The number of methoxy groups -OCH3 is 1. The van der Waals surface area contributed by atoms with Gasteiger partial charge in [-0.1, -0.05) is 17.9 Å². The molecule has 2 aromatic carbocycles. The molecule has 0 saturated heterocycles. The molecule has 0 saturated carbocycles. The molecule has 2 N–H and O–H groups in total. The van der Waals surface area contributed by atoms with Crippen LogP contribution in [0.2, 0.25) is 0 Å². The van der Waals surface area contributed by atoms with Gasteiger partial charge in [-0.15, -0.1) is 0 Å². The number of benzene rings is 2. The standard InChI is InChI=1S/C15H14N2O4/c1-21-14-8-10(2-7-13(14)18)9-16-17-12-5-3-11(4-6-12)15(19)20/h2-9,17-18H,1H3,(H,19,20)/p-1/b16-9+. The lowest BCUT2D eigenvalue weighted by atomic mass is 10.2. The molecule has 0 amide bonds. The van der Waals surface area contributed by atoms with E-state index >= 15 is 0 Å². The van der Waals surface area contributed by atoms with Gasteiger partial charge in [0.2, 0.25) is 0 Å². The van der Waals surface area contributed by atoms with Crippen LogP contribution in [0.15, 0.2) is 47.6 Å². The number of rotatable bonds is 5. The number of hydrogen-bond donors (Lipinski definition) is 2. The molecule has 6 nitrogen and oxygen atoms in total. The number of carbonyl (C=O) groups is 1. The Kier molecular flexibility index (Phi) is 4.40. The topological polar surface area (TPSA) is 94.0 Å². The largest absolute Gasteiger partial charge is 0.870 e. The van der Waals surface area contributed by atoms with Crippen LogP contribution in [0.3, 0.4) is 0 Å². The van der Waals surface area contributed by atoms with Gasteiger partial charge in [-0.05, 0) is 35.9 Å². The van der Waals surface area contributed by atoms with Crippen LogP contribution in [-0.2, 0) is 0 Å². The van der Waals surface area contributed by atoms with Gasteiger partial charge in [-0.3, -0.25) is 5.43 Å². The average Bonchev–Trinajstić information content (AvgIpc) is 2.49. The summed E-state index contributed by atoms with van der Waals surface area (Å²) in [6.07, 6.45) is 1.53. The number of aromatic carboxylic acids is 1. The number of hydrazone groups is 1. The van der Waals surface area contributed by atoms with Crippen molar-refractivity contribution in [3.05, 3.63) is 53.6 Å². The molecular weight excluding hydrogens is 272 g/mol. The van der Waals surface area contributed by atoms with Crippen molar-refractivity contribution in [2.75, 3.05) is 12.5 Å². The minimum atomic E-state index is -0.977. The quantitative estimate of drug-likeness (QED) is 0.646. The molecule has 0 unspecified atom stereocenters. The van der Waals surface area contributed by atoms with Crippen molar-refractivity contribution < 1.29 is 19.7 Å². The molecule has 0 aliphatic heterocycles. The molecule has 0 radical (unpaired) electrons. The molecule has 0 spiro atoms. The van der Waals surface area contributed by atoms with Crippen LogP contribution in [0.5, 0.6) is 11.5 Å². The van der Waals surface area contributed by atoms with E-state index in [9.17, 15) is 9.90 Å². The van der Waals surface area contributed by atoms with E-state index in [1.807, 2.05) is 0 Å². The lowest BCUT2D eigenvalue weighted by Crippen LogP contribution is -1.97. The first-order chi connectivity index (χ1) is 10.1. The van der Waals surface area contributed by atoms with Gasteiger partial charge < -0.3 is 14.9 Å². The Morgan fingerprint density at radius 3 is 2.62 bits per heavy atom.